The summed E-state index contributed by atoms with van der Waals surface area (Å²) < 4.78 is 26.5. The fourth-order valence-corrected chi connectivity index (χ4v) is 3.07. The molecule has 0 amide bonds. The fourth-order valence-electron chi connectivity index (χ4n) is 3.07. The quantitative estimate of drug-likeness (QED) is 0.825. The zero-order valence-corrected chi connectivity index (χ0v) is 12.8. The number of benzene rings is 1. The maximum atomic E-state index is 13.2. The van der Waals surface area contributed by atoms with E-state index < -0.39 is 17.2 Å². The van der Waals surface area contributed by atoms with Gasteiger partial charge in [0.25, 0.3) is 0 Å². The maximum Gasteiger partial charge on any atom is 0.157 e. The number of nitrogens with zero attached hydrogens (tertiary/aromatic N) is 1. The number of ketones is 1. The Labute approximate surface area is 125 Å². The lowest BCUT2D eigenvalue weighted by molar-refractivity contribution is -0.130. The molecule has 1 saturated heterocycles. The first-order chi connectivity index (χ1) is 9.95. The molecule has 1 aromatic carbocycles. The van der Waals surface area contributed by atoms with Crippen LogP contribution < -0.4 is 0 Å². The Morgan fingerprint density at radius 3 is 2.24 bits per heavy atom. The van der Waals surface area contributed by atoms with Gasteiger partial charge in [-0.15, -0.1) is 0 Å². The van der Waals surface area contributed by atoms with E-state index in [1.165, 1.54) is 18.6 Å². The van der Waals surface area contributed by atoms with Crippen molar-refractivity contribution in [3.8, 4) is 0 Å². The number of Topliss-reactive ketones (excluding diaryl/α,β-unsaturated/α-hetero) is 1. The number of carbonyl (C=O) groups is 1. The number of hydrogen-bond acceptors (Lipinski definition) is 2. The summed E-state index contributed by atoms with van der Waals surface area (Å²) in [6.07, 6.45) is 4.22. The summed E-state index contributed by atoms with van der Waals surface area (Å²) in [5.74, 6) is -1.22. The molecular weight excluding hydrogens is 272 g/mol. The molecule has 1 unspecified atom stereocenters. The molecule has 1 heterocycles. The van der Waals surface area contributed by atoms with Gasteiger partial charge < -0.3 is 0 Å². The second-order valence-corrected chi connectivity index (χ2v) is 6.05. The lowest BCUT2D eigenvalue weighted by Crippen LogP contribution is -2.54. The largest absolute Gasteiger partial charge is 0.297 e. The van der Waals surface area contributed by atoms with Gasteiger partial charge in [-0.3, -0.25) is 9.69 Å². The SMILES string of the molecule is CCC(C)(C(=O)Cc1cc(F)cc(F)c1)N1CCCCC1. The number of halogens is 2. The van der Waals surface area contributed by atoms with Crippen molar-refractivity contribution in [3.63, 3.8) is 0 Å². The minimum atomic E-state index is -0.631. The third-order valence-electron chi connectivity index (χ3n) is 4.63. The van der Waals surface area contributed by atoms with Crippen molar-refractivity contribution >= 4 is 5.78 Å². The molecule has 116 valence electrons. The molecule has 0 saturated carbocycles. The maximum absolute atomic E-state index is 13.2. The van der Waals surface area contributed by atoms with Crippen LogP contribution in [-0.4, -0.2) is 29.3 Å². The van der Waals surface area contributed by atoms with Crippen LogP contribution in [0.5, 0.6) is 0 Å². The Balaban J connectivity index is 2.15. The second kappa shape index (κ2) is 6.65. The van der Waals surface area contributed by atoms with E-state index in [0.29, 0.717) is 12.0 Å². The van der Waals surface area contributed by atoms with E-state index in [1.54, 1.807) is 0 Å². The average molecular weight is 295 g/mol. The molecule has 2 nitrogen and oxygen atoms in total. The lowest BCUT2D eigenvalue weighted by Gasteiger charge is -2.42. The predicted molar refractivity (Wildman–Crippen MR) is 79.2 cm³/mol. The molecular formula is C17H23F2NO. The Bertz CT molecular complexity index is 491. The molecule has 0 aromatic heterocycles. The van der Waals surface area contributed by atoms with Crippen molar-refractivity contribution in [1.29, 1.82) is 0 Å². The first-order valence-electron chi connectivity index (χ1n) is 7.69. The normalized spacial score (nSPS) is 19.2. The third kappa shape index (κ3) is 3.67. The summed E-state index contributed by atoms with van der Waals surface area (Å²) in [7, 11) is 0. The van der Waals surface area contributed by atoms with E-state index in [1.807, 2.05) is 13.8 Å². The summed E-state index contributed by atoms with van der Waals surface area (Å²) in [6.45, 7) is 5.80. The van der Waals surface area contributed by atoms with Gasteiger partial charge in [-0.05, 0) is 57.0 Å². The lowest BCUT2D eigenvalue weighted by atomic mass is 9.86. The molecule has 21 heavy (non-hydrogen) atoms. The van der Waals surface area contributed by atoms with Gasteiger partial charge in [0.1, 0.15) is 11.6 Å². The van der Waals surface area contributed by atoms with E-state index in [9.17, 15) is 13.6 Å². The van der Waals surface area contributed by atoms with Crippen LogP contribution in [-0.2, 0) is 11.2 Å². The van der Waals surface area contributed by atoms with E-state index in [-0.39, 0.29) is 12.2 Å². The molecule has 0 bridgehead atoms. The fraction of sp³-hybridized carbons (Fsp3) is 0.588. The van der Waals surface area contributed by atoms with Gasteiger partial charge in [-0.2, -0.15) is 0 Å². The van der Waals surface area contributed by atoms with Gasteiger partial charge in [-0.25, -0.2) is 8.78 Å². The van der Waals surface area contributed by atoms with Crippen molar-refractivity contribution < 1.29 is 13.6 Å². The van der Waals surface area contributed by atoms with E-state index in [0.717, 1.165) is 32.0 Å². The molecule has 0 spiro atoms. The first kappa shape index (κ1) is 16.1. The van der Waals surface area contributed by atoms with Crippen molar-refractivity contribution in [1.82, 2.24) is 4.90 Å². The van der Waals surface area contributed by atoms with Crippen LogP contribution in [0.4, 0.5) is 8.78 Å². The highest BCUT2D eigenvalue weighted by atomic mass is 19.1. The summed E-state index contributed by atoms with van der Waals surface area (Å²) >= 11 is 0. The Morgan fingerprint density at radius 2 is 1.71 bits per heavy atom. The second-order valence-electron chi connectivity index (χ2n) is 6.05. The average Bonchev–Trinajstić information content (AvgIpc) is 2.46. The molecule has 4 heteroatoms. The smallest absolute Gasteiger partial charge is 0.157 e. The number of carbonyl (C=O) groups excluding carboxylic acids is 1. The van der Waals surface area contributed by atoms with Gasteiger partial charge in [0.05, 0.1) is 5.54 Å². The molecule has 0 radical (unpaired) electrons. The predicted octanol–water partition coefficient (Wildman–Crippen LogP) is 3.73. The highest BCUT2D eigenvalue weighted by molar-refractivity contribution is 5.89. The summed E-state index contributed by atoms with van der Waals surface area (Å²) in [4.78, 5) is 14.9. The molecule has 1 aromatic rings. The van der Waals surface area contributed by atoms with Crippen LogP contribution in [0.15, 0.2) is 18.2 Å². The van der Waals surface area contributed by atoms with Gasteiger partial charge >= 0.3 is 0 Å². The van der Waals surface area contributed by atoms with Crippen molar-refractivity contribution in [3.05, 3.63) is 35.4 Å². The molecule has 1 aliphatic rings. The Kier molecular flexibility index (Phi) is 5.09. The standard InChI is InChI=1S/C17H23F2NO/c1-3-17(2,20-7-5-4-6-8-20)16(21)11-13-9-14(18)12-15(19)10-13/h9-10,12H,3-8,11H2,1-2H3. The highest BCUT2D eigenvalue weighted by Crippen LogP contribution is 2.26. The van der Waals surface area contributed by atoms with Crippen molar-refractivity contribution in [2.75, 3.05) is 13.1 Å². The van der Waals surface area contributed by atoms with Crippen LogP contribution in [0.1, 0.15) is 45.1 Å². The van der Waals surface area contributed by atoms with Gasteiger partial charge in [0.2, 0.25) is 0 Å². The summed E-state index contributed by atoms with van der Waals surface area (Å²) in [6, 6.07) is 3.32. The molecule has 0 N–H and O–H groups in total. The highest BCUT2D eigenvalue weighted by Gasteiger charge is 2.37. The number of likely N-dealkylation sites (tertiary alicyclic amines) is 1. The van der Waals surface area contributed by atoms with Crippen LogP contribution in [0.2, 0.25) is 0 Å². The Morgan fingerprint density at radius 1 is 1.14 bits per heavy atom. The monoisotopic (exact) mass is 295 g/mol. The number of hydrogen-bond donors (Lipinski definition) is 0. The van der Waals surface area contributed by atoms with Crippen LogP contribution in [0.3, 0.4) is 0 Å². The third-order valence-corrected chi connectivity index (χ3v) is 4.63. The van der Waals surface area contributed by atoms with Crippen molar-refractivity contribution in [2.24, 2.45) is 0 Å². The van der Waals surface area contributed by atoms with E-state index in [4.69, 9.17) is 0 Å². The minimum absolute atomic E-state index is 0.0388. The Hall–Kier alpha value is -1.29. The van der Waals surface area contributed by atoms with Crippen LogP contribution in [0, 0.1) is 11.6 Å². The summed E-state index contributed by atoms with van der Waals surface area (Å²) in [5, 5.41) is 0. The van der Waals surface area contributed by atoms with Crippen LogP contribution in [0.25, 0.3) is 0 Å². The summed E-state index contributed by atoms with van der Waals surface area (Å²) in [5.41, 5.74) is -0.127. The number of piperidine rings is 1. The van der Waals surface area contributed by atoms with E-state index in [2.05, 4.69) is 4.90 Å². The molecule has 1 fully saturated rings. The zero-order valence-electron chi connectivity index (χ0n) is 12.8. The van der Waals surface area contributed by atoms with Crippen molar-refractivity contribution in [2.45, 2.75) is 51.5 Å². The molecule has 0 aliphatic carbocycles. The van der Waals surface area contributed by atoms with Crippen LogP contribution >= 0.6 is 0 Å². The van der Waals surface area contributed by atoms with Gasteiger partial charge in [0, 0.05) is 12.5 Å². The molecule has 1 aliphatic heterocycles. The first-order valence-corrected chi connectivity index (χ1v) is 7.69. The van der Waals surface area contributed by atoms with Gasteiger partial charge in [-0.1, -0.05) is 13.3 Å². The molecule has 2 rings (SSSR count). The zero-order chi connectivity index (χ0) is 15.5. The number of rotatable bonds is 5. The molecule has 1 atom stereocenters. The minimum Gasteiger partial charge on any atom is -0.297 e. The topological polar surface area (TPSA) is 20.3 Å². The van der Waals surface area contributed by atoms with Gasteiger partial charge in [0.15, 0.2) is 5.78 Å². The van der Waals surface area contributed by atoms with E-state index >= 15 is 0 Å².